The molecule has 1 aliphatic heterocycles. The molecule has 1 saturated carbocycles. The maximum absolute atomic E-state index is 12.7. The fourth-order valence-electron chi connectivity index (χ4n) is 3.00. The van der Waals surface area contributed by atoms with E-state index < -0.39 is 15.4 Å². The van der Waals surface area contributed by atoms with Gasteiger partial charge in [-0.1, -0.05) is 6.07 Å². The Morgan fingerprint density at radius 3 is 2.60 bits per heavy atom. The number of ether oxygens (including phenoxy) is 1. The number of hydrogen-bond acceptors (Lipinski definition) is 5. The van der Waals surface area contributed by atoms with Gasteiger partial charge in [0.25, 0.3) is 0 Å². The molecule has 25 heavy (non-hydrogen) atoms. The minimum Gasteiger partial charge on any atom is -0.381 e. The van der Waals surface area contributed by atoms with Crippen molar-refractivity contribution in [2.24, 2.45) is 11.1 Å². The average Bonchev–Trinajstić information content (AvgIpc) is 3.40. The molecule has 1 saturated heterocycles. The molecule has 8 heteroatoms. The first-order valence-electron chi connectivity index (χ1n) is 8.59. The van der Waals surface area contributed by atoms with Gasteiger partial charge in [0, 0.05) is 31.5 Å². The number of benzene rings is 1. The van der Waals surface area contributed by atoms with Gasteiger partial charge in [0.15, 0.2) is 0 Å². The van der Waals surface area contributed by atoms with E-state index in [1.165, 1.54) is 6.07 Å². The Hall–Kier alpha value is -1.48. The predicted molar refractivity (Wildman–Crippen MR) is 94.7 cm³/mol. The molecule has 0 bridgehead atoms. The second kappa shape index (κ2) is 7.03. The number of carbonyl (C=O) groups excluding carboxylic acids is 1. The smallest absolute Gasteiger partial charge is 0.241 e. The van der Waals surface area contributed by atoms with Crippen LogP contribution < -0.4 is 15.8 Å². The highest BCUT2D eigenvalue weighted by molar-refractivity contribution is 7.89. The van der Waals surface area contributed by atoms with Gasteiger partial charge >= 0.3 is 0 Å². The van der Waals surface area contributed by atoms with E-state index in [9.17, 15) is 13.2 Å². The van der Waals surface area contributed by atoms with Crippen molar-refractivity contribution in [2.75, 3.05) is 25.1 Å². The molecule has 1 amide bonds. The van der Waals surface area contributed by atoms with E-state index in [4.69, 9.17) is 10.5 Å². The minimum absolute atomic E-state index is 0.0328. The molecule has 1 aliphatic carbocycles. The summed E-state index contributed by atoms with van der Waals surface area (Å²) in [7, 11) is -3.58. The third-order valence-electron chi connectivity index (χ3n) is 4.96. The number of sulfonamides is 1. The van der Waals surface area contributed by atoms with Crippen molar-refractivity contribution in [1.29, 1.82) is 0 Å². The van der Waals surface area contributed by atoms with E-state index in [0.717, 1.165) is 12.8 Å². The summed E-state index contributed by atoms with van der Waals surface area (Å²) in [5.74, 6) is -0.180. The molecule has 0 aromatic heterocycles. The summed E-state index contributed by atoms with van der Waals surface area (Å²) in [6.07, 6.45) is 2.87. The molecule has 0 unspecified atom stereocenters. The fraction of sp³-hybridized carbons (Fsp3) is 0.588. The molecule has 0 atom stereocenters. The van der Waals surface area contributed by atoms with Crippen LogP contribution in [0.3, 0.4) is 0 Å². The average molecular weight is 367 g/mol. The van der Waals surface area contributed by atoms with Crippen molar-refractivity contribution in [3.8, 4) is 0 Å². The van der Waals surface area contributed by atoms with Crippen LogP contribution in [0.4, 0.5) is 5.69 Å². The zero-order chi connectivity index (χ0) is 18.1. The van der Waals surface area contributed by atoms with Gasteiger partial charge in [-0.3, -0.25) is 4.79 Å². The molecule has 1 heterocycles. The number of nitrogens with one attached hydrogen (secondary N) is 2. The van der Waals surface area contributed by atoms with Gasteiger partial charge in [0.05, 0.1) is 10.3 Å². The van der Waals surface area contributed by atoms with E-state index in [2.05, 4.69) is 10.0 Å². The first kappa shape index (κ1) is 18.3. The highest BCUT2D eigenvalue weighted by Gasteiger charge is 2.39. The van der Waals surface area contributed by atoms with Crippen molar-refractivity contribution in [3.63, 3.8) is 0 Å². The molecule has 0 radical (unpaired) electrons. The summed E-state index contributed by atoms with van der Waals surface area (Å²) in [4.78, 5) is 12.9. The number of anilines is 1. The van der Waals surface area contributed by atoms with Crippen molar-refractivity contribution >= 4 is 21.6 Å². The van der Waals surface area contributed by atoms with Crippen LogP contribution in [0.1, 0.15) is 31.2 Å². The third-order valence-corrected chi connectivity index (χ3v) is 6.62. The molecule has 0 spiro atoms. The number of aryl methyl sites for hydroxylation is 1. The quantitative estimate of drug-likeness (QED) is 0.698. The third kappa shape index (κ3) is 4.03. The second-order valence-electron chi connectivity index (χ2n) is 6.93. The molecule has 3 rings (SSSR count). The number of nitrogens with two attached hydrogens (primary N) is 1. The summed E-state index contributed by atoms with van der Waals surface area (Å²) in [6, 6.07) is 4.97. The molecule has 7 nitrogen and oxygen atoms in total. The summed E-state index contributed by atoms with van der Waals surface area (Å²) < 4.78 is 33.0. The summed E-state index contributed by atoms with van der Waals surface area (Å²) in [6.45, 7) is 2.99. The lowest BCUT2D eigenvalue weighted by atomic mass is 9.79. The van der Waals surface area contributed by atoms with Gasteiger partial charge in [0.2, 0.25) is 15.9 Å². The van der Waals surface area contributed by atoms with Crippen LogP contribution in [0.5, 0.6) is 0 Å². The summed E-state index contributed by atoms with van der Waals surface area (Å²) in [5, 5.41) is 2.85. The van der Waals surface area contributed by atoms with Gasteiger partial charge in [-0.15, -0.1) is 0 Å². The Balaban J connectivity index is 1.81. The zero-order valence-electron chi connectivity index (χ0n) is 14.4. The van der Waals surface area contributed by atoms with Crippen LogP contribution in [0.25, 0.3) is 0 Å². The van der Waals surface area contributed by atoms with E-state index in [1.54, 1.807) is 19.1 Å². The van der Waals surface area contributed by atoms with E-state index >= 15 is 0 Å². The number of hydrogen-bond donors (Lipinski definition) is 3. The summed E-state index contributed by atoms with van der Waals surface area (Å²) >= 11 is 0. The molecule has 138 valence electrons. The maximum atomic E-state index is 12.7. The Morgan fingerprint density at radius 1 is 1.32 bits per heavy atom. The summed E-state index contributed by atoms with van der Waals surface area (Å²) in [5.41, 5.74) is 6.31. The molecular weight excluding hydrogens is 342 g/mol. The molecule has 2 aliphatic rings. The van der Waals surface area contributed by atoms with Gasteiger partial charge in [-0.2, -0.15) is 0 Å². The Labute approximate surface area is 148 Å². The lowest BCUT2D eigenvalue weighted by Gasteiger charge is -2.34. The molecule has 1 aromatic rings. The van der Waals surface area contributed by atoms with Crippen molar-refractivity contribution in [3.05, 3.63) is 23.8 Å². The topological polar surface area (TPSA) is 111 Å². The highest BCUT2D eigenvalue weighted by Crippen LogP contribution is 2.32. The van der Waals surface area contributed by atoms with Gasteiger partial charge in [-0.25, -0.2) is 13.1 Å². The van der Waals surface area contributed by atoms with Gasteiger partial charge < -0.3 is 15.8 Å². The SMILES string of the molecule is Cc1ccc(NC(=O)C2(CN)CCOCC2)cc1S(=O)(=O)NC1CC1. The lowest BCUT2D eigenvalue weighted by molar-refractivity contribution is -0.130. The normalized spacial score (nSPS) is 20.2. The Kier molecular flexibility index (Phi) is 5.15. The first-order chi connectivity index (χ1) is 11.9. The van der Waals surface area contributed by atoms with Gasteiger partial charge in [-0.05, 0) is 50.3 Å². The number of rotatable bonds is 6. The zero-order valence-corrected chi connectivity index (χ0v) is 15.2. The van der Waals surface area contributed by atoms with Crippen LogP contribution in [0.2, 0.25) is 0 Å². The van der Waals surface area contributed by atoms with E-state index in [1.807, 2.05) is 0 Å². The van der Waals surface area contributed by atoms with Crippen molar-refractivity contribution in [2.45, 2.75) is 43.5 Å². The van der Waals surface area contributed by atoms with Crippen molar-refractivity contribution < 1.29 is 17.9 Å². The molecule has 1 aromatic carbocycles. The lowest BCUT2D eigenvalue weighted by Crippen LogP contribution is -2.46. The van der Waals surface area contributed by atoms with Crippen LogP contribution in [0.15, 0.2) is 23.1 Å². The highest BCUT2D eigenvalue weighted by atomic mass is 32.2. The predicted octanol–water partition coefficient (Wildman–Crippen LogP) is 1.13. The van der Waals surface area contributed by atoms with Crippen LogP contribution in [-0.2, 0) is 19.6 Å². The van der Waals surface area contributed by atoms with Crippen molar-refractivity contribution in [1.82, 2.24) is 4.72 Å². The largest absolute Gasteiger partial charge is 0.381 e. The Morgan fingerprint density at radius 2 is 2.00 bits per heavy atom. The van der Waals surface area contributed by atoms with Crippen LogP contribution in [0, 0.1) is 12.3 Å². The number of carbonyl (C=O) groups is 1. The molecular formula is C17H25N3O4S. The van der Waals surface area contributed by atoms with Crippen LogP contribution >= 0.6 is 0 Å². The van der Waals surface area contributed by atoms with E-state index in [-0.39, 0.29) is 23.4 Å². The number of amides is 1. The van der Waals surface area contributed by atoms with Gasteiger partial charge in [0.1, 0.15) is 0 Å². The molecule has 4 N–H and O–H groups in total. The van der Waals surface area contributed by atoms with Crippen LogP contribution in [-0.4, -0.2) is 40.1 Å². The van der Waals surface area contributed by atoms with E-state index in [0.29, 0.717) is 37.3 Å². The standard InChI is InChI=1S/C17H25N3O4S/c1-12-2-3-14(10-15(12)25(22,23)20-13-4-5-13)19-16(21)17(11-18)6-8-24-9-7-17/h2-3,10,13,20H,4-9,11,18H2,1H3,(H,19,21). The second-order valence-corrected chi connectivity index (χ2v) is 8.61. The maximum Gasteiger partial charge on any atom is 0.241 e. The first-order valence-corrected chi connectivity index (χ1v) is 10.1. The minimum atomic E-state index is -3.58. The fourth-order valence-corrected chi connectivity index (χ4v) is 4.58. The Bertz CT molecular complexity index is 753. The molecule has 2 fully saturated rings. The monoisotopic (exact) mass is 367 g/mol.